The van der Waals surface area contributed by atoms with Gasteiger partial charge in [0.1, 0.15) is 11.6 Å². The van der Waals surface area contributed by atoms with Crippen LogP contribution in [-0.4, -0.2) is 32.8 Å². The van der Waals surface area contributed by atoms with Crippen molar-refractivity contribution in [2.24, 2.45) is 5.73 Å². The molecule has 0 aliphatic rings. The summed E-state index contributed by atoms with van der Waals surface area (Å²) < 4.78 is 1.79. The standard InChI is InChI=1S/C15H17ClN6/c1-9-13-14(18-7-6-17)19-10(2)20-15(13)22(21-9)12-5-3-4-11(16)8-12/h3-5,8H,6-7,17H2,1-2H3,(H,18,19,20). The molecule has 3 aromatic rings. The highest BCUT2D eigenvalue weighted by atomic mass is 35.5. The van der Waals surface area contributed by atoms with Gasteiger partial charge in [0.05, 0.1) is 16.8 Å². The monoisotopic (exact) mass is 316 g/mol. The van der Waals surface area contributed by atoms with E-state index in [1.54, 1.807) is 4.68 Å². The molecule has 6 nitrogen and oxygen atoms in total. The smallest absolute Gasteiger partial charge is 0.168 e. The van der Waals surface area contributed by atoms with Crippen LogP contribution in [-0.2, 0) is 0 Å². The van der Waals surface area contributed by atoms with E-state index in [0.717, 1.165) is 28.2 Å². The zero-order chi connectivity index (χ0) is 15.7. The summed E-state index contributed by atoms with van der Waals surface area (Å²) in [5.41, 5.74) is 8.05. The Bertz CT molecular complexity index is 826. The van der Waals surface area contributed by atoms with Crippen molar-refractivity contribution in [2.75, 3.05) is 18.4 Å². The molecule has 0 aliphatic carbocycles. The number of hydrogen-bond acceptors (Lipinski definition) is 5. The Morgan fingerprint density at radius 3 is 2.82 bits per heavy atom. The lowest BCUT2D eigenvalue weighted by Crippen LogP contribution is -2.14. The van der Waals surface area contributed by atoms with Gasteiger partial charge in [-0.05, 0) is 32.0 Å². The van der Waals surface area contributed by atoms with Gasteiger partial charge in [0, 0.05) is 18.1 Å². The predicted molar refractivity (Wildman–Crippen MR) is 88.7 cm³/mol. The second kappa shape index (κ2) is 5.90. The van der Waals surface area contributed by atoms with Crippen molar-refractivity contribution in [1.29, 1.82) is 0 Å². The van der Waals surface area contributed by atoms with Crippen LogP contribution in [0.1, 0.15) is 11.5 Å². The van der Waals surface area contributed by atoms with Gasteiger partial charge in [-0.2, -0.15) is 5.10 Å². The molecule has 3 rings (SSSR count). The molecular weight excluding hydrogens is 300 g/mol. The first-order valence-electron chi connectivity index (χ1n) is 7.04. The van der Waals surface area contributed by atoms with Crippen LogP contribution in [0.4, 0.5) is 5.82 Å². The summed E-state index contributed by atoms with van der Waals surface area (Å²) in [6.45, 7) is 4.98. The lowest BCUT2D eigenvalue weighted by Gasteiger charge is -2.08. The summed E-state index contributed by atoms with van der Waals surface area (Å²) in [5, 5.41) is 9.40. The molecule has 0 radical (unpaired) electrons. The van der Waals surface area contributed by atoms with Crippen LogP contribution in [0, 0.1) is 13.8 Å². The van der Waals surface area contributed by atoms with Gasteiger partial charge in [-0.25, -0.2) is 14.6 Å². The van der Waals surface area contributed by atoms with Crippen molar-refractivity contribution in [3.8, 4) is 5.69 Å². The van der Waals surface area contributed by atoms with E-state index in [0.29, 0.717) is 23.9 Å². The predicted octanol–water partition coefficient (Wildman–Crippen LogP) is 2.46. The van der Waals surface area contributed by atoms with Gasteiger partial charge < -0.3 is 11.1 Å². The van der Waals surface area contributed by atoms with E-state index in [1.807, 2.05) is 38.1 Å². The number of rotatable bonds is 4. The number of aromatic nitrogens is 4. The van der Waals surface area contributed by atoms with E-state index in [-0.39, 0.29) is 0 Å². The fraction of sp³-hybridized carbons (Fsp3) is 0.267. The third-order valence-corrected chi connectivity index (χ3v) is 3.54. The molecule has 114 valence electrons. The molecule has 0 spiro atoms. The minimum Gasteiger partial charge on any atom is -0.368 e. The molecule has 1 aromatic carbocycles. The Balaban J connectivity index is 2.23. The summed E-state index contributed by atoms with van der Waals surface area (Å²) in [7, 11) is 0. The highest BCUT2D eigenvalue weighted by Gasteiger charge is 2.16. The van der Waals surface area contributed by atoms with Crippen molar-refractivity contribution in [1.82, 2.24) is 19.7 Å². The maximum absolute atomic E-state index is 6.08. The van der Waals surface area contributed by atoms with E-state index in [1.165, 1.54) is 0 Å². The molecule has 0 atom stereocenters. The van der Waals surface area contributed by atoms with Crippen molar-refractivity contribution < 1.29 is 0 Å². The Morgan fingerprint density at radius 2 is 2.09 bits per heavy atom. The topological polar surface area (TPSA) is 81.6 Å². The summed E-state index contributed by atoms with van der Waals surface area (Å²) in [6.07, 6.45) is 0. The number of nitrogens with zero attached hydrogens (tertiary/aromatic N) is 4. The second-order valence-electron chi connectivity index (χ2n) is 5.01. The molecule has 0 bridgehead atoms. The highest BCUT2D eigenvalue weighted by Crippen LogP contribution is 2.26. The van der Waals surface area contributed by atoms with Gasteiger partial charge in [0.25, 0.3) is 0 Å². The van der Waals surface area contributed by atoms with Crippen LogP contribution in [0.3, 0.4) is 0 Å². The molecule has 7 heteroatoms. The van der Waals surface area contributed by atoms with E-state index in [2.05, 4.69) is 20.4 Å². The van der Waals surface area contributed by atoms with Crippen molar-refractivity contribution >= 4 is 28.5 Å². The zero-order valence-electron chi connectivity index (χ0n) is 12.5. The fourth-order valence-corrected chi connectivity index (χ4v) is 2.58. The number of halogens is 1. The molecular formula is C15H17ClN6. The van der Waals surface area contributed by atoms with Crippen molar-refractivity contribution in [2.45, 2.75) is 13.8 Å². The number of hydrogen-bond donors (Lipinski definition) is 2. The Labute approximate surface area is 133 Å². The summed E-state index contributed by atoms with van der Waals surface area (Å²) in [4.78, 5) is 9.01. The van der Waals surface area contributed by atoms with Crippen LogP contribution in [0.5, 0.6) is 0 Å². The number of benzene rings is 1. The molecule has 0 saturated carbocycles. The van der Waals surface area contributed by atoms with Crippen LogP contribution < -0.4 is 11.1 Å². The normalized spacial score (nSPS) is 11.1. The summed E-state index contributed by atoms with van der Waals surface area (Å²) >= 11 is 6.08. The first-order chi connectivity index (χ1) is 10.6. The van der Waals surface area contributed by atoms with E-state index >= 15 is 0 Å². The Kier molecular flexibility index (Phi) is 3.96. The maximum Gasteiger partial charge on any atom is 0.168 e. The average molecular weight is 317 g/mol. The lowest BCUT2D eigenvalue weighted by molar-refractivity contribution is 0.872. The number of anilines is 1. The van der Waals surface area contributed by atoms with Crippen LogP contribution in [0.2, 0.25) is 5.02 Å². The number of aryl methyl sites for hydroxylation is 2. The minimum absolute atomic E-state index is 0.534. The van der Waals surface area contributed by atoms with Crippen molar-refractivity contribution in [3.05, 3.63) is 40.8 Å². The van der Waals surface area contributed by atoms with Crippen molar-refractivity contribution in [3.63, 3.8) is 0 Å². The first-order valence-corrected chi connectivity index (χ1v) is 7.42. The molecule has 22 heavy (non-hydrogen) atoms. The van der Waals surface area contributed by atoms with Gasteiger partial charge in [-0.1, -0.05) is 17.7 Å². The quantitative estimate of drug-likeness (QED) is 0.772. The fourth-order valence-electron chi connectivity index (χ4n) is 2.40. The minimum atomic E-state index is 0.534. The van der Waals surface area contributed by atoms with Crippen LogP contribution in [0.25, 0.3) is 16.7 Å². The van der Waals surface area contributed by atoms with Gasteiger partial charge >= 0.3 is 0 Å². The molecule has 0 fully saturated rings. The van der Waals surface area contributed by atoms with Crippen LogP contribution >= 0.6 is 11.6 Å². The van der Waals surface area contributed by atoms with E-state index in [9.17, 15) is 0 Å². The van der Waals surface area contributed by atoms with Gasteiger partial charge in [0.15, 0.2) is 5.65 Å². The largest absolute Gasteiger partial charge is 0.368 e. The number of nitrogens with two attached hydrogens (primary N) is 1. The van der Waals surface area contributed by atoms with E-state index < -0.39 is 0 Å². The third kappa shape index (κ3) is 2.63. The molecule has 0 saturated heterocycles. The third-order valence-electron chi connectivity index (χ3n) is 3.30. The van der Waals surface area contributed by atoms with Gasteiger partial charge in [-0.15, -0.1) is 0 Å². The highest BCUT2D eigenvalue weighted by molar-refractivity contribution is 6.30. The average Bonchev–Trinajstić information content (AvgIpc) is 2.82. The second-order valence-corrected chi connectivity index (χ2v) is 5.45. The summed E-state index contributed by atoms with van der Waals surface area (Å²) in [5.74, 6) is 1.44. The number of fused-ring (bicyclic) bond motifs is 1. The molecule has 0 amide bonds. The van der Waals surface area contributed by atoms with Gasteiger partial charge in [0.2, 0.25) is 0 Å². The van der Waals surface area contributed by atoms with Crippen LogP contribution in [0.15, 0.2) is 24.3 Å². The van der Waals surface area contributed by atoms with E-state index in [4.69, 9.17) is 17.3 Å². The molecule has 2 aromatic heterocycles. The Morgan fingerprint density at radius 1 is 1.27 bits per heavy atom. The maximum atomic E-state index is 6.08. The molecule has 0 unspecified atom stereocenters. The SMILES string of the molecule is Cc1nc(NCCN)c2c(C)nn(-c3cccc(Cl)c3)c2n1. The molecule has 3 N–H and O–H groups in total. The summed E-state index contributed by atoms with van der Waals surface area (Å²) in [6, 6.07) is 7.53. The number of nitrogens with one attached hydrogen (secondary N) is 1. The molecule has 0 aliphatic heterocycles. The van der Waals surface area contributed by atoms with Gasteiger partial charge in [-0.3, -0.25) is 0 Å². The lowest BCUT2D eigenvalue weighted by atomic mass is 10.3. The first kappa shape index (κ1) is 14.7. The molecule has 2 heterocycles. The zero-order valence-corrected chi connectivity index (χ0v) is 13.2. The Hall–Kier alpha value is -2.18.